The van der Waals surface area contributed by atoms with Crippen molar-refractivity contribution < 1.29 is 29.0 Å². The number of ether oxygens (including phenoxy) is 2. The number of thioether (sulfide) groups is 1. The second kappa shape index (κ2) is 11.8. The van der Waals surface area contributed by atoms with Crippen molar-refractivity contribution in [3.05, 3.63) is 76.4 Å². The van der Waals surface area contributed by atoms with Gasteiger partial charge < -0.3 is 14.6 Å². The summed E-state index contributed by atoms with van der Waals surface area (Å²) < 4.78 is 11.9. The molecule has 0 saturated heterocycles. The number of carbonyl (C=O) groups is 3. The van der Waals surface area contributed by atoms with Crippen LogP contribution in [-0.4, -0.2) is 23.0 Å². The molecule has 1 aliphatic heterocycles. The summed E-state index contributed by atoms with van der Waals surface area (Å²) in [6, 6.07) is 16.6. The van der Waals surface area contributed by atoms with E-state index in [2.05, 4.69) is 13.8 Å². The second-order valence-corrected chi connectivity index (χ2v) is 10.7. The molecular formula is C29H34O6S. The normalized spacial score (nSPS) is 18.8. The lowest BCUT2D eigenvalue weighted by Crippen LogP contribution is -2.47. The molecule has 0 bridgehead atoms. The van der Waals surface area contributed by atoms with Gasteiger partial charge in [-0.05, 0) is 29.5 Å². The van der Waals surface area contributed by atoms with Gasteiger partial charge in [0.05, 0.1) is 12.3 Å². The molecule has 192 valence electrons. The average Bonchev–Trinajstić information content (AvgIpc) is 2.84. The number of benzene rings is 2. The van der Waals surface area contributed by atoms with Crippen LogP contribution in [0, 0.1) is 11.8 Å². The van der Waals surface area contributed by atoms with E-state index < -0.39 is 35.3 Å². The molecule has 2 unspecified atom stereocenters. The van der Waals surface area contributed by atoms with Crippen molar-refractivity contribution in [2.45, 2.75) is 70.3 Å². The first-order valence-electron chi connectivity index (χ1n) is 12.3. The highest BCUT2D eigenvalue weighted by Gasteiger charge is 2.53. The minimum atomic E-state index is -1.51. The van der Waals surface area contributed by atoms with E-state index >= 15 is 0 Å². The number of aliphatic carboxylic acids is 1. The number of carbonyl (C=O) groups excluding carboxylic acids is 2. The van der Waals surface area contributed by atoms with Crippen molar-refractivity contribution in [2.24, 2.45) is 11.8 Å². The fourth-order valence-electron chi connectivity index (χ4n) is 4.38. The molecule has 2 atom stereocenters. The van der Waals surface area contributed by atoms with E-state index in [4.69, 9.17) is 9.47 Å². The molecule has 6 nitrogen and oxygen atoms in total. The number of esters is 2. The average molecular weight is 511 g/mol. The van der Waals surface area contributed by atoms with E-state index in [1.54, 1.807) is 38.1 Å². The molecule has 2 aromatic carbocycles. The van der Waals surface area contributed by atoms with Crippen molar-refractivity contribution >= 4 is 29.7 Å². The Hall–Kier alpha value is -3.06. The quantitative estimate of drug-likeness (QED) is 0.358. The topological polar surface area (TPSA) is 89.9 Å². The van der Waals surface area contributed by atoms with Gasteiger partial charge in [0.1, 0.15) is 16.6 Å². The molecule has 1 aliphatic rings. The zero-order valence-corrected chi connectivity index (χ0v) is 22.3. The van der Waals surface area contributed by atoms with E-state index in [9.17, 15) is 19.5 Å². The third-order valence-electron chi connectivity index (χ3n) is 6.29. The highest BCUT2D eigenvalue weighted by Crippen LogP contribution is 2.49. The standard InChI is InChI=1S/C29H34O6S/c1-6-12-22(26(30)31)29(20-13-8-7-9-14-20)17-23(34-27(32)19(4)5)25(28(33)35-29)36-24-16-11-10-15-21(24)18(2)3/h7-11,13-16,18-19,22H,6,12,17H2,1-5H3,(H,30,31). The predicted molar refractivity (Wildman–Crippen MR) is 139 cm³/mol. The zero-order valence-electron chi connectivity index (χ0n) is 21.4. The third kappa shape index (κ3) is 5.84. The number of hydrogen-bond acceptors (Lipinski definition) is 6. The molecule has 0 saturated carbocycles. The Labute approximate surface area is 217 Å². The maximum absolute atomic E-state index is 13.7. The summed E-state index contributed by atoms with van der Waals surface area (Å²) >= 11 is 1.20. The third-order valence-corrected chi connectivity index (χ3v) is 7.48. The van der Waals surface area contributed by atoms with Crippen molar-refractivity contribution in [2.75, 3.05) is 0 Å². The lowest BCUT2D eigenvalue weighted by molar-refractivity contribution is -0.177. The van der Waals surface area contributed by atoms with Crippen molar-refractivity contribution in [3.63, 3.8) is 0 Å². The molecule has 0 aliphatic carbocycles. The minimum absolute atomic E-state index is 0.0512. The van der Waals surface area contributed by atoms with Gasteiger partial charge in [0, 0.05) is 4.90 Å². The van der Waals surface area contributed by atoms with E-state index in [1.165, 1.54) is 11.8 Å². The number of carboxylic acids is 1. The molecule has 1 heterocycles. The van der Waals surface area contributed by atoms with E-state index in [-0.39, 0.29) is 23.0 Å². The summed E-state index contributed by atoms with van der Waals surface area (Å²) in [5.74, 6) is -3.33. The monoisotopic (exact) mass is 510 g/mol. The van der Waals surface area contributed by atoms with Crippen molar-refractivity contribution in [3.8, 4) is 0 Å². The van der Waals surface area contributed by atoms with E-state index in [0.29, 0.717) is 18.4 Å². The number of cyclic esters (lactones) is 1. The Kier molecular flexibility index (Phi) is 9.01. The Morgan fingerprint density at radius 1 is 1.06 bits per heavy atom. The van der Waals surface area contributed by atoms with Gasteiger partial charge in [0.2, 0.25) is 0 Å². The largest absolute Gasteiger partial charge is 0.481 e. The van der Waals surface area contributed by atoms with Gasteiger partial charge in [-0.3, -0.25) is 9.59 Å². The second-order valence-electron chi connectivity index (χ2n) is 9.62. The van der Waals surface area contributed by atoms with Gasteiger partial charge in [0.15, 0.2) is 5.60 Å². The predicted octanol–water partition coefficient (Wildman–Crippen LogP) is 6.66. The van der Waals surface area contributed by atoms with Gasteiger partial charge in [0.25, 0.3) is 0 Å². The van der Waals surface area contributed by atoms with Crippen molar-refractivity contribution in [1.29, 1.82) is 0 Å². The highest BCUT2D eigenvalue weighted by atomic mass is 32.2. The summed E-state index contributed by atoms with van der Waals surface area (Å²) in [7, 11) is 0. The van der Waals surface area contributed by atoms with Crippen LogP contribution in [0.4, 0.5) is 0 Å². The molecule has 0 aromatic heterocycles. The molecule has 2 aromatic rings. The fourth-order valence-corrected chi connectivity index (χ4v) is 5.52. The molecular weight excluding hydrogens is 476 g/mol. The van der Waals surface area contributed by atoms with Crippen LogP contribution in [0.3, 0.4) is 0 Å². The first-order chi connectivity index (χ1) is 17.1. The Balaban J connectivity index is 2.20. The van der Waals surface area contributed by atoms with Crippen LogP contribution >= 0.6 is 11.8 Å². The zero-order chi connectivity index (χ0) is 26.5. The molecule has 0 spiro atoms. The Morgan fingerprint density at radius 2 is 1.69 bits per heavy atom. The lowest BCUT2D eigenvalue weighted by atomic mass is 9.75. The molecule has 0 amide bonds. The maximum Gasteiger partial charge on any atom is 0.349 e. The first kappa shape index (κ1) is 27.5. The highest BCUT2D eigenvalue weighted by molar-refractivity contribution is 8.04. The number of rotatable bonds is 10. The van der Waals surface area contributed by atoms with Crippen LogP contribution in [0.25, 0.3) is 0 Å². The summed E-state index contributed by atoms with van der Waals surface area (Å²) in [5, 5.41) is 10.2. The van der Waals surface area contributed by atoms with E-state index in [1.807, 2.05) is 37.3 Å². The molecule has 36 heavy (non-hydrogen) atoms. The minimum Gasteiger partial charge on any atom is -0.481 e. The molecule has 0 fully saturated rings. The van der Waals surface area contributed by atoms with Crippen LogP contribution in [0.2, 0.25) is 0 Å². The Bertz CT molecular complexity index is 1140. The number of carboxylic acid groups (broad SMARTS) is 1. The van der Waals surface area contributed by atoms with Crippen LogP contribution in [-0.2, 0) is 29.5 Å². The van der Waals surface area contributed by atoms with Gasteiger partial charge >= 0.3 is 17.9 Å². The van der Waals surface area contributed by atoms with Gasteiger partial charge in [-0.15, -0.1) is 0 Å². The fraction of sp³-hybridized carbons (Fsp3) is 0.414. The van der Waals surface area contributed by atoms with Gasteiger partial charge in [-0.25, -0.2) is 4.79 Å². The summed E-state index contributed by atoms with van der Waals surface area (Å²) in [6.07, 6.45) is 0.823. The lowest BCUT2D eigenvalue weighted by Gasteiger charge is -2.42. The SMILES string of the molecule is CCCC(C(=O)O)C1(c2ccccc2)CC(OC(=O)C(C)C)=C(Sc2ccccc2C(C)C)C(=O)O1. The summed E-state index contributed by atoms with van der Waals surface area (Å²) in [4.78, 5) is 39.9. The van der Waals surface area contributed by atoms with Crippen molar-refractivity contribution in [1.82, 2.24) is 0 Å². The first-order valence-corrected chi connectivity index (χ1v) is 13.2. The molecule has 3 rings (SSSR count). The summed E-state index contributed by atoms with van der Waals surface area (Å²) in [6.45, 7) is 9.45. The molecule has 7 heteroatoms. The molecule has 1 N–H and O–H groups in total. The molecule has 0 radical (unpaired) electrons. The van der Waals surface area contributed by atoms with Gasteiger partial charge in [-0.2, -0.15) is 0 Å². The Morgan fingerprint density at radius 3 is 2.28 bits per heavy atom. The van der Waals surface area contributed by atoms with Crippen LogP contribution < -0.4 is 0 Å². The number of hydrogen-bond donors (Lipinski definition) is 1. The maximum atomic E-state index is 13.7. The van der Waals surface area contributed by atoms with E-state index in [0.717, 1.165) is 10.5 Å². The smallest absolute Gasteiger partial charge is 0.349 e. The summed E-state index contributed by atoms with van der Waals surface area (Å²) in [5.41, 5.74) is 0.101. The van der Waals surface area contributed by atoms with Gasteiger partial charge in [-0.1, -0.05) is 101 Å². The van der Waals surface area contributed by atoms with Crippen LogP contribution in [0.15, 0.2) is 70.2 Å². The van der Waals surface area contributed by atoms with Crippen LogP contribution in [0.1, 0.15) is 70.9 Å². The van der Waals surface area contributed by atoms with Crippen LogP contribution in [0.5, 0.6) is 0 Å².